The lowest BCUT2D eigenvalue weighted by Crippen LogP contribution is -2.24. The summed E-state index contributed by atoms with van der Waals surface area (Å²) in [7, 11) is 0. The maximum Gasteiger partial charge on any atom is 0.189 e. The number of Topliss-reactive ketones (excluding diaryl/α,β-unsaturated/α-hetero) is 1. The van der Waals surface area contributed by atoms with E-state index in [9.17, 15) is 4.79 Å². The molecule has 0 bridgehead atoms. The fourth-order valence-corrected chi connectivity index (χ4v) is 3.25. The van der Waals surface area contributed by atoms with E-state index >= 15 is 0 Å². The molecule has 122 valence electrons. The summed E-state index contributed by atoms with van der Waals surface area (Å²) in [4.78, 5) is 12.9. The van der Waals surface area contributed by atoms with Crippen LogP contribution in [0.5, 0.6) is 0 Å². The second kappa shape index (κ2) is 6.81. The molecule has 0 unspecified atom stereocenters. The van der Waals surface area contributed by atoms with Crippen LogP contribution in [-0.2, 0) is 0 Å². The lowest BCUT2D eigenvalue weighted by molar-refractivity contribution is 0.0956. The maximum absolute atomic E-state index is 12.9. The third-order valence-electron chi connectivity index (χ3n) is 4.64. The fourth-order valence-electron chi connectivity index (χ4n) is 3.25. The first-order valence-corrected chi connectivity index (χ1v) is 8.44. The summed E-state index contributed by atoms with van der Waals surface area (Å²) in [6.45, 7) is 0.572. The Morgan fingerprint density at radius 1 is 0.760 bits per heavy atom. The van der Waals surface area contributed by atoms with Gasteiger partial charge in [-0.15, -0.1) is 0 Å². The molecule has 0 fully saturated rings. The molecule has 1 heterocycles. The molecule has 4 rings (SSSR count). The normalized spacial score (nSPS) is 19.0. The molecule has 3 aromatic carbocycles. The highest BCUT2D eigenvalue weighted by Gasteiger charge is 2.33. The zero-order valence-electron chi connectivity index (χ0n) is 13.7. The van der Waals surface area contributed by atoms with Crippen LogP contribution in [-0.4, -0.2) is 18.4 Å². The number of hydrogen-bond donors (Lipinski definition) is 0. The van der Waals surface area contributed by atoms with Crippen LogP contribution in [0.15, 0.2) is 95.2 Å². The Balaban J connectivity index is 1.57. The van der Waals surface area contributed by atoms with Crippen molar-refractivity contribution in [1.82, 2.24) is 0 Å². The van der Waals surface area contributed by atoms with Gasteiger partial charge in [0.1, 0.15) is 6.04 Å². The van der Waals surface area contributed by atoms with Crippen LogP contribution in [0.1, 0.15) is 21.8 Å². The van der Waals surface area contributed by atoms with E-state index in [1.54, 1.807) is 0 Å². The van der Waals surface area contributed by atoms with E-state index in [1.165, 1.54) is 0 Å². The van der Waals surface area contributed by atoms with Crippen molar-refractivity contribution in [2.75, 3.05) is 6.54 Å². The van der Waals surface area contributed by atoms with Crippen LogP contribution in [0, 0.1) is 0 Å². The Morgan fingerprint density at radius 2 is 1.36 bits per heavy atom. The molecule has 0 saturated carbocycles. The maximum atomic E-state index is 12.9. The fraction of sp³-hybridized carbons (Fsp3) is 0.136. The molecular formula is C22H18N2O. The monoisotopic (exact) mass is 326 g/mol. The Labute approximate surface area is 147 Å². The standard InChI is InChI=1S/C22H18N2O/c25-22(21-20(15-23-24-21)18-9-5-2-6-10-18)19-13-11-17(12-14-19)16-7-3-1-4-8-16/h1-14,20-21H,15H2/t20-,21-/m1/s1. The van der Waals surface area contributed by atoms with Gasteiger partial charge in [-0.25, -0.2) is 0 Å². The van der Waals surface area contributed by atoms with Gasteiger partial charge in [0.15, 0.2) is 5.78 Å². The average molecular weight is 326 g/mol. The average Bonchev–Trinajstić information content (AvgIpc) is 3.19. The van der Waals surface area contributed by atoms with Gasteiger partial charge in [0.2, 0.25) is 0 Å². The highest BCUT2D eigenvalue weighted by atomic mass is 16.1. The van der Waals surface area contributed by atoms with Gasteiger partial charge in [0.05, 0.1) is 6.54 Å². The zero-order valence-corrected chi connectivity index (χ0v) is 13.7. The van der Waals surface area contributed by atoms with E-state index in [2.05, 4.69) is 22.4 Å². The van der Waals surface area contributed by atoms with Crippen LogP contribution in [0.3, 0.4) is 0 Å². The van der Waals surface area contributed by atoms with Crippen molar-refractivity contribution in [3.63, 3.8) is 0 Å². The van der Waals surface area contributed by atoms with Gasteiger partial charge in [-0.2, -0.15) is 10.2 Å². The Morgan fingerprint density at radius 3 is 2.04 bits per heavy atom. The molecule has 0 saturated heterocycles. The van der Waals surface area contributed by atoms with Crippen molar-refractivity contribution in [2.45, 2.75) is 12.0 Å². The molecule has 3 heteroatoms. The predicted molar refractivity (Wildman–Crippen MR) is 98.9 cm³/mol. The van der Waals surface area contributed by atoms with Crippen LogP contribution in [0.2, 0.25) is 0 Å². The summed E-state index contributed by atoms with van der Waals surface area (Å²) >= 11 is 0. The number of benzene rings is 3. The highest BCUT2D eigenvalue weighted by Crippen LogP contribution is 2.30. The van der Waals surface area contributed by atoms with E-state index in [1.807, 2.05) is 72.8 Å². The Bertz CT molecular complexity index is 886. The number of rotatable bonds is 4. The minimum atomic E-state index is -0.426. The van der Waals surface area contributed by atoms with Crippen molar-refractivity contribution in [3.05, 3.63) is 96.1 Å². The SMILES string of the molecule is O=C(c1ccc(-c2ccccc2)cc1)[C@@H]1N=NC[C@@H]1c1ccccc1. The quantitative estimate of drug-likeness (QED) is 0.611. The molecule has 25 heavy (non-hydrogen) atoms. The Hall–Kier alpha value is -3.07. The van der Waals surface area contributed by atoms with E-state index < -0.39 is 6.04 Å². The van der Waals surface area contributed by atoms with Crippen molar-refractivity contribution >= 4 is 5.78 Å². The lowest BCUT2D eigenvalue weighted by atomic mass is 9.88. The molecule has 3 aromatic rings. The second-order valence-electron chi connectivity index (χ2n) is 6.21. The summed E-state index contributed by atoms with van der Waals surface area (Å²) in [5, 5.41) is 8.36. The summed E-state index contributed by atoms with van der Waals surface area (Å²) in [5.41, 5.74) is 4.05. The van der Waals surface area contributed by atoms with Gasteiger partial charge in [0.25, 0.3) is 0 Å². The number of ketones is 1. The van der Waals surface area contributed by atoms with Crippen molar-refractivity contribution < 1.29 is 4.79 Å². The molecule has 3 nitrogen and oxygen atoms in total. The molecule has 2 atom stereocenters. The van der Waals surface area contributed by atoms with Crippen molar-refractivity contribution in [2.24, 2.45) is 10.2 Å². The van der Waals surface area contributed by atoms with E-state index in [0.717, 1.165) is 16.7 Å². The van der Waals surface area contributed by atoms with Gasteiger partial charge in [0, 0.05) is 11.5 Å². The third-order valence-corrected chi connectivity index (χ3v) is 4.64. The van der Waals surface area contributed by atoms with Crippen LogP contribution >= 0.6 is 0 Å². The first-order chi connectivity index (χ1) is 12.3. The van der Waals surface area contributed by atoms with Gasteiger partial charge >= 0.3 is 0 Å². The topological polar surface area (TPSA) is 41.8 Å². The molecule has 0 N–H and O–H groups in total. The summed E-state index contributed by atoms with van der Waals surface area (Å²) < 4.78 is 0. The number of carbonyl (C=O) groups excluding carboxylic acids is 1. The molecule has 1 aliphatic heterocycles. The van der Waals surface area contributed by atoms with E-state index in [0.29, 0.717) is 12.1 Å². The molecule has 0 spiro atoms. The third kappa shape index (κ3) is 3.13. The summed E-state index contributed by atoms with van der Waals surface area (Å²) in [6, 6.07) is 27.5. The minimum absolute atomic E-state index is 0.0301. The van der Waals surface area contributed by atoms with E-state index in [4.69, 9.17) is 0 Å². The number of carbonyl (C=O) groups is 1. The van der Waals surface area contributed by atoms with Gasteiger partial charge in [-0.3, -0.25) is 4.79 Å². The van der Waals surface area contributed by atoms with Crippen LogP contribution in [0.4, 0.5) is 0 Å². The first kappa shape index (κ1) is 15.5. The van der Waals surface area contributed by atoms with Gasteiger partial charge in [-0.1, -0.05) is 84.9 Å². The smallest absolute Gasteiger partial charge is 0.189 e. The molecular weight excluding hydrogens is 308 g/mol. The highest BCUT2D eigenvalue weighted by molar-refractivity contribution is 6.01. The molecule has 0 aromatic heterocycles. The van der Waals surface area contributed by atoms with Gasteiger partial charge in [-0.05, 0) is 16.7 Å². The summed E-state index contributed by atoms with van der Waals surface area (Å²) in [5.74, 6) is 0.0669. The molecule has 0 radical (unpaired) electrons. The van der Waals surface area contributed by atoms with Crippen molar-refractivity contribution in [3.8, 4) is 11.1 Å². The predicted octanol–water partition coefficient (Wildman–Crippen LogP) is 5.15. The van der Waals surface area contributed by atoms with Crippen LogP contribution in [0.25, 0.3) is 11.1 Å². The number of nitrogens with zero attached hydrogens (tertiary/aromatic N) is 2. The number of azo groups is 1. The molecule has 0 amide bonds. The largest absolute Gasteiger partial charge is 0.292 e. The second-order valence-corrected chi connectivity index (χ2v) is 6.21. The lowest BCUT2D eigenvalue weighted by Gasteiger charge is -2.16. The van der Waals surface area contributed by atoms with E-state index in [-0.39, 0.29) is 11.7 Å². The molecule has 0 aliphatic carbocycles. The minimum Gasteiger partial charge on any atom is -0.292 e. The first-order valence-electron chi connectivity index (χ1n) is 8.44. The van der Waals surface area contributed by atoms with Crippen LogP contribution < -0.4 is 0 Å². The zero-order chi connectivity index (χ0) is 17.1. The summed E-state index contributed by atoms with van der Waals surface area (Å²) in [6.07, 6.45) is 0. The number of hydrogen-bond acceptors (Lipinski definition) is 3. The van der Waals surface area contributed by atoms with Gasteiger partial charge < -0.3 is 0 Å². The molecule has 1 aliphatic rings. The Kier molecular flexibility index (Phi) is 4.21. The van der Waals surface area contributed by atoms with Crippen molar-refractivity contribution in [1.29, 1.82) is 0 Å².